The van der Waals surface area contributed by atoms with Crippen molar-refractivity contribution in [3.05, 3.63) is 0 Å². The van der Waals surface area contributed by atoms with E-state index < -0.39 is 12.1 Å². The van der Waals surface area contributed by atoms with E-state index in [1.165, 1.54) is 6.92 Å². The van der Waals surface area contributed by atoms with E-state index in [0.717, 1.165) is 0 Å². The van der Waals surface area contributed by atoms with Crippen LogP contribution in [0.3, 0.4) is 0 Å². The molecule has 1 unspecified atom stereocenters. The lowest BCUT2D eigenvalue weighted by Gasteiger charge is -1.89. The van der Waals surface area contributed by atoms with Gasteiger partial charge in [0.1, 0.15) is 6.10 Å². The lowest BCUT2D eigenvalue weighted by Crippen LogP contribution is -2.13. The van der Waals surface area contributed by atoms with Crippen molar-refractivity contribution in [3.8, 4) is 0 Å². The molecule has 0 aliphatic heterocycles. The highest BCUT2D eigenvalue weighted by atomic mass is 16.4. The third-order valence-corrected chi connectivity index (χ3v) is 0.357. The maximum atomic E-state index is 9.45. The predicted molar refractivity (Wildman–Crippen MR) is 22.8 cm³/mol. The zero-order chi connectivity index (χ0) is 7.15. The number of aliphatic carboxylic acids is 1. The lowest BCUT2D eigenvalue weighted by atomic mass is 10.4. The molecule has 8 heavy (non-hydrogen) atoms. The van der Waals surface area contributed by atoms with E-state index in [2.05, 4.69) is 0 Å². The van der Waals surface area contributed by atoms with Crippen molar-refractivity contribution in [1.82, 2.24) is 0 Å². The number of carboxylic acids is 1. The van der Waals surface area contributed by atoms with E-state index in [1.807, 2.05) is 0 Å². The second kappa shape index (κ2) is 5.85. The average Bonchev–Trinajstić information content (AvgIpc) is 1.72. The molecule has 0 rings (SSSR count). The van der Waals surface area contributed by atoms with Gasteiger partial charge in [-0.05, 0) is 6.92 Å². The van der Waals surface area contributed by atoms with Gasteiger partial charge in [-0.2, -0.15) is 0 Å². The Labute approximate surface area is 46.0 Å². The Morgan fingerprint density at radius 2 is 1.75 bits per heavy atom. The van der Waals surface area contributed by atoms with Gasteiger partial charge in [0.2, 0.25) is 0 Å². The summed E-state index contributed by atoms with van der Waals surface area (Å²) in [6.07, 6.45) is -1.23. The standard InChI is InChI=1S/C3H6O3.N2/c1-2(4)3(5)6;1-2/h2,4H,1H3,(H,5,6);. The summed E-state index contributed by atoms with van der Waals surface area (Å²) in [6, 6.07) is 0. The Morgan fingerprint density at radius 1 is 1.62 bits per heavy atom. The van der Waals surface area contributed by atoms with Crippen LogP contribution in [0, 0.1) is 10.8 Å². The first-order chi connectivity index (χ1) is 3.64. The first-order valence-corrected chi connectivity index (χ1v) is 1.75. The van der Waals surface area contributed by atoms with Gasteiger partial charge in [-0.25, -0.2) is 4.79 Å². The first kappa shape index (κ1) is 9.97. The highest BCUT2D eigenvalue weighted by Crippen LogP contribution is 1.73. The number of aliphatic hydroxyl groups excluding tert-OH is 1. The zero-order valence-electron chi connectivity index (χ0n) is 4.27. The normalized spacial score (nSPS) is 10.5. The molecule has 0 aromatic rings. The molecule has 1 atom stereocenters. The fraction of sp³-hybridized carbons (Fsp3) is 0.667. The number of nitrogens with zero attached hydrogens (tertiary/aromatic N) is 2. The van der Waals surface area contributed by atoms with Gasteiger partial charge in [0, 0.05) is 10.8 Å². The van der Waals surface area contributed by atoms with Crippen LogP contribution in [0.5, 0.6) is 0 Å². The summed E-state index contributed by atoms with van der Waals surface area (Å²) in [7, 11) is 0. The van der Waals surface area contributed by atoms with E-state index in [0.29, 0.717) is 0 Å². The Kier molecular flexibility index (Phi) is 7.29. The van der Waals surface area contributed by atoms with Gasteiger partial charge in [-0.15, -0.1) is 0 Å². The van der Waals surface area contributed by atoms with Crippen molar-refractivity contribution in [2.75, 3.05) is 0 Å². The average molecular weight is 118 g/mol. The summed E-state index contributed by atoms with van der Waals surface area (Å²) >= 11 is 0. The fourth-order valence-corrected chi connectivity index (χ4v) is 0. The van der Waals surface area contributed by atoms with Gasteiger partial charge >= 0.3 is 5.97 Å². The molecular weight excluding hydrogens is 112 g/mol. The van der Waals surface area contributed by atoms with Crippen molar-refractivity contribution in [3.63, 3.8) is 0 Å². The van der Waals surface area contributed by atoms with Crippen LogP contribution >= 0.6 is 0 Å². The maximum Gasteiger partial charge on any atom is 0.332 e. The molecule has 0 amide bonds. The van der Waals surface area contributed by atoms with E-state index >= 15 is 0 Å². The van der Waals surface area contributed by atoms with Crippen molar-refractivity contribution < 1.29 is 15.0 Å². The Morgan fingerprint density at radius 3 is 1.75 bits per heavy atom. The van der Waals surface area contributed by atoms with Crippen molar-refractivity contribution in [2.45, 2.75) is 13.0 Å². The number of aliphatic hydroxyl groups is 1. The SMILES string of the molecule is CC(O)C(=O)O.N#N. The summed E-state index contributed by atoms with van der Waals surface area (Å²) in [6.45, 7) is 1.20. The van der Waals surface area contributed by atoms with Gasteiger partial charge in [-0.3, -0.25) is 0 Å². The summed E-state index contributed by atoms with van der Waals surface area (Å²) in [5.74, 6) is -1.19. The molecule has 0 aromatic carbocycles. The second-order valence-corrected chi connectivity index (χ2v) is 1.01. The molecule has 46 valence electrons. The third kappa shape index (κ3) is 8.85. The molecule has 2 N–H and O–H groups in total. The van der Waals surface area contributed by atoms with Gasteiger partial charge < -0.3 is 10.2 Å². The van der Waals surface area contributed by atoms with Crippen molar-refractivity contribution >= 4 is 5.97 Å². The molecule has 5 heteroatoms. The molecule has 0 spiro atoms. The molecule has 0 saturated heterocycles. The Hall–Kier alpha value is -1.15. The molecule has 0 aliphatic rings. The minimum absolute atomic E-state index is 1.19. The minimum Gasteiger partial charge on any atom is -0.479 e. The molecule has 0 aromatic heterocycles. The highest BCUT2D eigenvalue weighted by Gasteiger charge is 2.01. The van der Waals surface area contributed by atoms with Crippen LogP contribution < -0.4 is 0 Å². The van der Waals surface area contributed by atoms with Crippen LogP contribution in [-0.2, 0) is 4.79 Å². The van der Waals surface area contributed by atoms with Crippen LogP contribution in [0.4, 0.5) is 0 Å². The van der Waals surface area contributed by atoms with E-state index in [1.54, 1.807) is 0 Å². The zero-order valence-corrected chi connectivity index (χ0v) is 4.27. The number of hydrogen-bond acceptors (Lipinski definition) is 4. The number of carbonyl (C=O) groups is 1. The summed E-state index contributed by atoms with van der Waals surface area (Å²) < 4.78 is 0. The van der Waals surface area contributed by atoms with Crippen molar-refractivity contribution in [2.24, 2.45) is 0 Å². The Balaban J connectivity index is 0. The van der Waals surface area contributed by atoms with Crippen LogP contribution in [0.15, 0.2) is 0 Å². The van der Waals surface area contributed by atoms with E-state index in [4.69, 9.17) is 21.0 Å². The van der Waals surface area contributed by atoms with Gasteiger partial charge in [-0.1, -0.05) is 0 Å². The largest absolute Gasteiger partial charge is 0.479 e. The Bertz CT molecular complexity index is 87.8. The molecule has 0 saturated carbocycles. The van der Waals surface area contributed by atoms with E-state index in [9.17, 15) is 4.79 Å². The maximum absolute atomic E-state index is 9.45. The highest BCUT2D eigenvalue weighted by molar-refractivity contribution is 5.71. The topological polar surface area (TPSA) is 105 Å². The van der Waals surface area contributed by atoms with E-state index in [-0.39, 0.29) is 0 Å². The van der Waals surface area contributed by atoms with Gasteiger partial charge in [0.25, 0.3) is 0 Å². The van der Waals surface area contributed by atoms with Crippen LogP contribution in [0.25, 0.3) is 0 Å². The number of hydrogen-bond donors (Lipinski definition) is 2. The van der Waals surface area contributed by atoms with Crippen LogP contribution in [-0.4, -0.2) is 22.3 Å². The predicted octanol–water partition coefficient (Wildman–Crippen LogP) is -0.518. The molecular formula is C3H6N2O3. The number of rotatable bonds is 1. The molecule has 0 radical (unpaired) electrons. The summed E-state index contributed by atoms with van der Waals surface area (Å²) in [4.78, 5) is 9.45. The molecule has 0 fully saturated rings. The van der Waals surface area contributed by atoms with Crippen LogP contribution in [0.1, 0.15) is 6.92 Å². The lowest BCUT2D eigenvalue weighted by molar-refractivity contribution is -0.145. The smallest absolute Gasteiger partial charge is 0.332 e. The fourth-order valence-electron chi connectivity index (χ4n) is 0. The second-order valence-electron chi connectivity index (χ2n) is 1.01. The van der Waals surface area contributed by atoms with Gasteiger partial charge in [0.05, 0.1) is 0 Å². The summed E-state index contributed by atoms with van der Waals surface area (Å²) in [5, 5.41) is 27.8. The van der Waals surface area contributed by atoms with Crippen molar-refractivity contribution in [1.29, 1.82) is 10.8 Å². The molecule has 0 bridgehead atoms. The number of carboxylic acid groups (broad SMARTS) is 1. The van der Waals surface area contributed by atoms with Crippen LogP contribution in [0.2, 0.25) is 0 Å². The monoisotopic (exact) mass is 118 g/mol. The quantitative estimate of drug-likeness (QED) is 0.451. The molecule has 5 nitrogen and oxygen atoms in total. The third-order valence-electron chi connectivity index (χ3n) is 0.357. The summed E-state index contributed by atoms with van der Waals surface area (Å²) in [5.41, 5.74) is 0. The first-order valence-electron chi connectivity index (χ1n) is 1.75. The van der Waals surface area contributed by atoms with Gasteiger partial charge in [0.15, 0.2) is 0 Å². The molecule has 0 heterocycles. The molecule has 0 aliphatic carbocycles. The minimum atomic E-state index is -1.23.